The molecule has 2 aromatic rings. The van der Waals surface area contributed by atoms with Crippen molar-refractivity contribution in [2.24, 2.45) is 18.9 Å². The smallest absolute Gasteiger partial charge is 0.373 e. The number of methoxy groups -OCH3 is 1. The van der Waals surface area contributed by atoms with Gasteiger partial charge in [-0.1, -0.05) is 33.8 Å². The van der Waals surface area contributed by atoms with Crippen LogP contribution in [0.1, 0.15) is 60.6 Å². The molecule has 1 amide bonds. The van der Waals surface area contributed by atoms with Crippen molar-refractivity contribution >= 4 is 11.6 Å². The normalized spacial score (nSPS) is 14.0. The highest BCUT2D eigenvalue weighted by Gasteiger charge is 2.73. The first-order valence-corrected chi connectivity index (χ1v) is 11.7. The van der Waals surface area contributed by atoms with E-state index in [9.17, 15) is 36.2 Å². The van der Waals surface area contributed by atoms with Crippen LogP contribution in [-0.4, -0.2) is 46.5 Å². The van der Waals surface area contributed by atoms with Gasteiger partial charge in [0.15, 0.2) is 0 Å². The minimum atomic E-state index is -5.83. The van der Waals surface area contributed by atoms with E-state index >= 15 is 0 Å². The second-order valence-electron chi connectivity index (χ2n) is 9.82. The highest BCUT2D eigenvalue weighted by Crippen LogP contribution is 2.54. The Hall–Kier alpha value is -2.60. The van der Waals surface area contributed by atoms with Crippen molar-refractivity contribution in [3.8, 4) is 0 Å². The van der Waals surface area contributed by atoms with Crippen molar-refractivity contribution in [1.29, 1.82) is 0 Å². The quantitative estimate of drug-likeness (QED) is 0.340. The number of aliphatic hydroxyl groups is 1. The van der Waals surface area contributed by atoms with Crippen LogP contribution < -0.4 is 4.90 Å². The molecule has 0 bridgehead atoms. The van der Waals surface area contributed by atoms with Crippen LogP contribution in [0.3, 0.4) is 0 Å². The maximum atomic E-state index is 14.0. The van der Waals surface area contributed by atoms with Crippen LogP contribution in [0.5, 0.6) is 0 Å². The number of nitrogens with zero attached hydrogens (tertiary/aromatic N) is 3. The Bertz CT molecular complexity index is 1110. The monoisotopic (exact) mass is 537 g/mol. The first kappa shape index (κ1) is 30.6. The first-order valence-electron chi connectivity index (χ1n) is 11.7. The summed E-state index contributed by atoms with van der Waals surface area (Å²) in [5, 5.41) is 15.2. The summed E-state index contributed by atoms with van der Waals surface area (Å²) in [6.07, 6.45) is -13.3. The minimum absolute atomic E-state index is 0.0531. The van der Waals surface area contributed by atoms with E-state index in [0.29, 0.717) is 24.6 Å². The van der Waals surface area contributed by atoms with Gasteiger partial charge in [0.2, 0.25) is 0 Å². The Labute approximate surface area is 212 Å². The highest BCUT2D eigenvalue weighted by atomic mass is 19.4. The van der Waals surface area contributed by atoms with Crippen molar-refractivity contribution in [2.45, 2.75) is 72.1 Å². The molecule has 0 aliphatic carbocycles. The summed E-state index contributed by atoms with van der Waals surface area (Å²) in [5.41, 5.74) is -5.04. The van der Waals surface area contributed by atoms with Crippen LogP contribution in [0.15, 0.2) is 18.2 Å². The van der Waals surface area contributed by atoms with Crippen LogP contribution >= 0.6 is 0 Å². The van der Waals surface area contributed by atoms with Gasteiger partial charge >= 0.3 is 12.4 Å². The van der Waals surface area contributed by atoms with Gasteiger partial charge in [-0.15, -0.1) is 0 Å². The van der Waals surface area contributed by atoms with E-state index in [1.165, 1.54) is 4.68 Å². The van der Waals surface area contributed by atoms with E-state index in [-0.39, 0.29) is 29.2 Å². The molecule has 0 saturated carbocycles. The molecule has 1 heterocycles. The highest BCUT2D eigenvalue weighted by molar-refractivity contribution is 6.08. The van der Waals surface area contributed by atoms with Crippen molar-refractivity contribution < 1.29 is 41.0 Å². The summed E-state index contributed by atoms with van der Waals surface area (Å²) in [5.74, 6) is -1.54. The Morgan fingerprint density at radius 2 is 1.62 bits per heavy atom. The predicted molar refractivity (Wildman–Crippen MR) is 126 cm³/mol. The summed E-state index contributed by atoms with van der Waals surface area (Å²) in [4.78, 5) is 14.6. The Kier molecular flexibility index (Phi) is 8.81. The number of aryl methyl sites for hydroxylation is 2. The minimum Gasteiger partial charge on any atom is -0.373 e. The lowest BCUT2D eigenvalue weighted by molar-refractivity contribution is -0.383. The molecule has 1 aromatic carbocycles. The molecule has 1 aromatic heterocycles. The van der Waals surface area contributed by atoms with Gasteiger partial charge in [0.1, 0.15) is 6.23 Å². The summed E-state index contributed by atoms with van der Waals surface area (Å²) >= 11 is 0. The number of rotatable bonds is 8. The number of aromatic nitrogens is 2. The third kappa shape index (κ3) is 5.50. The first-order chi connectivity index (χ1) is 16.8. The molecular formula is C25H33F6N3O3. The molecule has 1 atom stereocenters. The number of carbonyl (C=O) groups is 1. The lowest BCUT2D eigenvalue weighted by Gasteiger charge is -2.38. The zero-order chi connectivity index (χ0) is 28.7. The van der Waals surface area contributed by atoms with Gasteiger partial charge in [-0.2, -0.15) is 31.4 Å². The van der Waals surface area contributed by atoms with Crippen molar-refractivity contribution in [3.05, 3.63) is 46.3 Å². The predicted octanol–water partition coefficient (Wildman–Crippen LogP) is 5.82. The zero-order valence-corrected chi connectivity index (χ0v) is 22.0. The number of anilines is 1. The van der Waals surface area contributed by atoms with Gasteiger partial charge in [0.25, 0.3) is 11.5 Å². The van der Waals surface area contributed by atoms with E-state index in [2.05, 4.69) is 9.84 Å². The van der Waals surface area contributed by atoms with Gasteiger partial charge in [-0.3, -0.25) is 14.4 Å². The van der Waals surface area contributed by atoms with Crippen LogP contribution in [-0.2, 0) is 23.8 Å². The fourth-order valence-corrected chi connectivity index (χ4v) is 4.38. The zero-order valence-electron chi connectivity index (χ0n) is 22.0. The number of carbonyl (C=O) groups excluding carboxylic acids is 1. The summed E-state index contributed by atoms with van der Waals surface area (Å²) in [6, 6.07) is 2.73. The van der Waals surface area contributed by atoms with Gasteiger partial charge in [0.05, 0.1) is 11.3 Å². The molecule has 0 saturated heterocycles. The lowest BCUT2D eigenvalue weighted by atomic mass is 9.84. The molecule has 2 rings (SSSR count). The number of ether oxygens (including phenoxy) is 1. The fraction of sp³-hybridized carbons (Fsp3) is 0.600. The summed E-state index contributed by atoms with van der Waals surface area (Å²) in [7, 11) is 1.98. The summed E-state index contributed by atoms with van der Waals surface area (Å²) < 4.78 is 90.0. The number of benzene rings is 1. The van der Waals surface area contributed by atoms with Crippen LogP contribution in [0.4, 0.5) is 32.0 Å². The van der Waals surface area contributed by atoms with E-state index < -0.39 is 41.6 Å². The maximum absolute atomic E-state index is 14.0. The average molecular weight is 538 g/mol. The average Bonchev–Trinajstić information content (AvgIpc) is 2.98. The molecule has 6 nitrogen and oxygen atoms in total. The maximum Gasteiger partial charge on any atom is 0.430 e. The Balaban J connectivity index is 2.88. The number of amides is 1. The number of halogens is 6. The molecule has 0 aliphatic heterocycles. The molecule has 37 heavy (non-hydrogen) atoms. The van der Waals surface area contributed by atoms with Gasteiger partial charge in [-0.25, -0.2) is 0 Å². The topological polar surface area (TPSA) is 67.6 Å². The van der Waals surface area contributed by atoms with Crippen LogP contribution in [0.25, 0.3) is 0 Å². The van der Waals surface area contributed by atoms with Crippen molar-refractivity contribution in [3.63, 3.8) is 0 Å². The van der Waals surface area contributed by atoms with E-state index in [4.69, 9.17) is 0 Å². The Morgan fingerprint density at radius 3 is 2.00 bits per heavy atom. The van der Waals surface area contributed by atoms with Crippen molar-refractivity contribution in [1.82, 2.24) is 9.78 Å². The van der Waals surface area contributed by atoms with Gasteiger partial charge in [0, 0.05) is 31.1 Å². The molecule has 0 fully saturated rings. The SMILES string of the molecule is COC(c1ccc(N(C(=O)c2c(C)nn(C)c2C)C(O)C(C)C)cc1CC(C)C)(C(F)(F)F)C(F)(F)F. The second-order valence-corrected chi connectivity index (χ2v) is 9.82. The van der Waals surface area contributed by atoms with E-state index in [0.717, 1.165) is 17.0 Å². The largest absolute Gasteiger partial charge is 0.430 e. The van der Waals surface area contributed by atoms with E-state index in [1.807, 2.05) is 0 Å². The summed E-state index contributed by atoms with van der Waals surface area (Å²) in [6.45, 7) is 9.76. The van der Waals surface area contributed by atoms with Crippen LogP contribution in [0, 0.1) is 25.7 Å². The molecule has 1 unspecified atom stereocenters. The second kappa shape index (κ2) is 10.6. The number of aliphatic hydroxyl groups excluding tert-OH is 1. The number of hydrogen-bond donors (Lipinski definition) is 1. The standard InChI is InChI=1S/C25H33F6N3O3/c1-13(2)11-17-12-18(9-10-19(17)23(37-8,24(26,27)28)25(29,30)31)34(21(35)14(3)4)22(36)20-15(5)32-33(7)16(20)6/h9-10,12-14,21,35H,11H2,1-8H3. The van der Waals surface area contributed by atoms with Crippen molar-refractivity contribution in [2.75, 3.05) is 12.0 Å². The van der Waals surface area contributed by atoms with Crippen LogP contribution in [0.2, 0.25) is 0 Å². The third-order valence-corrected chi connectivity index (χ3v) is 6.28. The molecule has 0 spiro atoms. The Morgan fingerprint density at radius 1 is 1.08 bits per heavy atom. The molecule has 1 N–H and O–H groups in total. The molecular weight excluding hydrogens is 504 g/mol. The molecule has 0 radical (unpaired) electrons. The third-order valence-electron chi connectivity index (χ3n) is 6.28. The van der Waals surface area contributed by atoms with Gasteiger partial charge in [-0.05, 0) is 49.8 Å². The lowest BCUT2D eigenvalue weighted by Crippen LogP contribution is -2.56. The molecule has 0 aliphatic rings. The fourth-order valence-electron chi connectivity index (χ4n) is 4.38. The van der Waals surface area contributed by atoms with E-state index in [1.54, 1.807) is 48.6 Å². The number of hydrogen-bond acceptors (Lipinski definition) is 4. The van der Waals surface area contributed by atoms with Gasteiger partial charge < -0.3 is 9.84 Å². The molecule has 208 valence electrons. The number of alkyl halides is 6. The molecule has 12 heteroatoms.